The van der Waals surface area contributed by atoms with E-state index in [1.807, 2.05) is 0 Å². The fourth-order valence-corrected chi connectivity index (χ4v) is 9.77. The third-order valence-electron chi connectivity index (χ3n) is 2.83. The minimum absolute atomic E-state index is 0.149. The third-order valence-corrected chi connectivity index (χ3v) is 10.9. The zero-order valence-corrected chi connectivity index (χ0v) is 22.5. The smallest absolute Gasteiger partial charge is 0.368 e. The first-order valence-electron chi connectivity index (χ1n) is 9.14. The topological polar surface area (TPSA) is 80.9 Å². The maximum atomic E-state index is 7.33. The Morgan fingerprint density at radius 3 is 0.826 bits per heavy atom. The van der Waals surface area contributed by atoms with E-state index in [0.29, 0.717) is 0 Å². The number of hydrogen-bond donors (Lipinski definition) is 4. The molecule has 0 aliphatic carbocycles. The fourth-order valence-electron chi connectivity index (χ4n) is 1.46. The monoisotopic (exact) mass is 564 g/mol. The van der Waals surface area contributed by atoms with Crippen molar-refractivity contribution in [2.24, 2.45) is 0 Å². The zero-order chi connectivity index (χ0) is 18.4. The molecule has 0 aliphatic heterocycles. The van der Waals surface area contributed by atoms with Gasteiger partial charge in [-0.15, -0.1) is 0 Å². The standard InChI is InChI=1S/4C4H9.H4O4Si.2Sn/c4*1-3-4-2;1-5(2,3)4;;/h4*1,3-4H2,2H3;1-4H;;. The summed E-state index contributed by atoms with van der Waals surface area (Å²) in [7, 11) is -4.61. The molecule has 0 saturated heterocycles. The molecule has 0 heterocycles. The second-order valence-corrected chi connectivity index (χ2v) is 15.3. The Balaban J connectivity index is -0.000000273. The van der Waals surface area contributed by atoms with E-state index in [2.05, 4.69) is 27.7 Å². The molecule has 0 aliphatic rings. The average Bonchev–Trinajstić information content (AvgIpc) is 2.46. The first-order chi connectivity index (χ1) is 10.8. The molecule has 7 heteroatoms. The van der Waals surface area contributed by atoms with Gasteiger partial charge in [0.25, 0.3) is 0 Å². The fraction of sp³-hybridized carbons (Fsp3) is 1.00. The zero-order valence-electron chi connectivity index (χ0n) is 15.8. The Bertz CT molecular complexity index is 161. The molecule has 0 rings (SSSR count). The molecule has 23 heavy (non-hydrogen) atoms. The van der Waals surface area contributed by atoms with Crippen molar-refractivity contribution in [2.75, 3.05) is 0 Å². The molecular formula is C16H40O4SiSn2. The minimum atomic E-state index is -4.61. The van der Waals surface area contributed by atoms with Gasteiger partial charge in [-0.05, 0) is 0 Å². The van der Waals surface area contributed by atoms with E-state index in [-0.39, 0.29) is 42.3 Å². The van der Waals surface area contributed by atoms with Crippen LogP contribution >= 0.6 is 0 Å². The number of unbranched alkanes of at least 4 members (excludes halogenated alkanes) is 4. The van der Waals surface area contributed by atoms with E-state index < -0.39 is 9.05 Å². The van der Waals surface area contributed by atoms with E-state index in [1.54, 1.807) is 17.7 Å². The van der Waals surface area contributed by atoms with Crippen LogP contribution < -0.4 is 0 Å². The van der Waals surface area contributed by atoms with Crippen molar-refractivity contribution in [1.29, 1.82) is 0 Å². The van der Waals surface area contributed by atoms with Gasteiger partial charge in [-0.25, -0.2) is 0 Å². The summed E-state index contributed by atoms with van der Waals surface area (Å²) in [5.74, 6) is 0. The SMILES string of the molecule is CCC[CH2][Sn][CH2]CCC.CCC[CH2][Sn][CH2]CCC.O[Si](O)(O)O. The van der Waals surface area contributed by atoms with Gasteiger partial charge in [0.1, 0.15) is 0 Å². The predicted molar refractivity (Wildman–Crippen MR) is 105 cm³/mol. The van der Waals surface area contributed by atoms with E-state index in [9.17, 15) is 0 Å². The summed E-state index contributed by atoms with van der Waals surface area (Å²) in [5.41, 5.74) is 0. The molecule has 0 spiro atoms. The van der Waals surface area contributed by atoms with Crippen LogP contribution in [0.1, 0.15) is 79.1 Å². The van der Waals surface area contributed by atoms with Crippen molar-refractivity contribution < 1.29 is 19.2 Å². The van der Waals surface area contributed by atoms with Crippen molar-refractivity contribution in [3.05, 3.63) is 0 Å². The van der Waals surface area contributed by atoms with Gasteiger partial charge < -0.3 is 19.2 Å². The number of hydrogen-bond acceptors (Lipinski definition) is 4. The normalized spacial score (nSPS) is 10.4. The molecule has 0 unspecified atom stereocenters. The second kappa shape index (κ2) is 25.9. The Hall–Kier alpha value is 1.65. The van der Waals surface area contributed by atoms with Crippen LogP contribution in [-0.4, -0.2) is 70.5 Å². The van der Waals surface area contributed by atoms with Crippen LogP contribution in [0.25, 0.3) is 0 Å². The van der Waals surface area contributed by atoms with Crippen LogP contribution in [-0.2, 0) is 0 Å². The molecular weight excluding hydrogens is 522 g/mol. The van der Waals surface area contributed by atoms with E-state index in [4.69, 9.17) is 19.2 Å². The molecule has 0 aromatic heterocycles. The Morgan fingerprint density at radius 1 is 0.522 bits per heavy atom. The summed E-state index contributed by atoms with van der Waals surface area (Å²) in [6.07, 6.45) is 11.7. The minimum Gasteiger partial charge on any atom is -0.368 e. The summed E-state index contributed by atoms with van der Waals surface area (Å²) in [5, 5.41) is 0. The van der Waals surface area contributed by atoms with Gasteiger partial charge >= 0.3 is 148 Å². The van der Waals surface area contributed by atoms with Crippen LogP contribution in [0.5, 0.6) is 0 Å². The molecule has 0 bridgehead atoms. The quantitative estimate of drug-likeness (QED) is 0.217. The Labute approximate surface area is 166 Å². The van der Waals surface area contributed by atoms with Gasteiger partial charge in [0.05, 0.1) is 0 Å². The van der Waals surface area contributed by atoms with Crippen molar-refractivity contribution in [3.63, 3.8) is 0 Å². The first kappa shape index (κ1) is 29.4. The average molecular weight is 562 g/mol. The summed E-state index contributed by atoms with van der Waals surface area (Å²) < 4.78 is 6.50. The Morgan fingerprint density at radius 2 is 0.696 bits per heavy atom. The molecule has 4 nitrogen and oxygen atoms in total. The van der Waals surface area contributed by atoms with Gasteiger partial charge in [-0.1, -0.05) is 0 Å². The van der Waals surface area contributed by atoms with Gasteiger partial charge in [-0.3, -0.25) is 0 Å². The number of rotatable bonds is 12. The Kier molecular flexibility index (Phi) is 33.1. The van der Waals surface area contributed by atoms with Crippen LogP contribution in [0.2, 0.25) is 17.7 Å². The molecule has 0 fully saturated rings. The molecule has 4 radical (unpaired) electrons. The molecule has 0 saturated carbocycles. The summed E-state index contributed by atoms with van der Waals surface area (Å²) in [4.78, 5) is 29.3. The second-order valence-electron chi connectivity index (χ2n) is 5.51. The summed E-state index contributed by atoms with van der Waals surface area (Å²) in [6.45, 7) is 9.16. The van der Waals surface area contributed by atoms with E-state index in [1.165, 1.54) is 51.4 Å². The third kappa shape index (κ3) is 59.5. The maximum Gasteiger partial charge on any atom is 0.668 e. The molecule has 140 valence electrons. The maximum absolute atomic E-state index is 7.33. The summed E-state index contributed by atoms with van der Waals surface area (Å²) in [6, 6.07) is 0. The summed E-state index contributed by atoms with van der Waals surface area (Å²) >= 11 is 0.299. The van der Waals surface area contributed by atoms with Crippen LogP contribution in [0, 0.1) is 0 Å². The first-order valence-corrected chi connectivity index (χ1v) is 19.0. The van der Waals surface area contributed by atoms with E-state index >= 15 is 0 Å². The van der Waals surface area contributed by atoms with E-state index in [0.717, 1.165) is 0 Å². The van der Waals surface area contributed by atoms with Gasteiger partial charge in [0.2, 0.25) is 0 Å². The van der Waals surface area contributed by atoms with Crippen molar-refractivity contribution >= 4 is 51.3 Å². The molecule has 0 aromatic rings. The van der Waals surface area contributed by atoms with Crippen molar-refractivity contribution in [2.45, 2.75) is 96.8 Å². The largest absolute Gasteiger partial charge is 0.668 e. The van der Waals surface area contributed by atoms with Gasteiger partial charge in [-0.2, -0.15) is 0 Å². The molecule has 0 aromatic carbocycles. The van der Waals surface area contributed by atoms with Gasteiger partial charge in [0.15, 0.2) is 0 Å². The molecule has 0 atom stereocenters. The molecule has 0 amide bonds. The van der Waals surface area contributed by atoms with Crippen LogP contribution in [0.3, 0.4) is 0 Å². The molecule has 4 N–H and O–H groups in total. The predicted octanol–water partition coefficient (Wildman–Crippen LogP) is 3.65. The van der Waals surface area contributed by atoms with Crippen LogP contribution in [0.15, 0.2) is 0 Å². The van der Waals surface area contributed by atoms with Crippen molar-refractivity contribution in [3.8, 4) is 0 Å². The van der Waals surface area contributed by atoms with Crippen LogP contribution in [0.4, 0.5) is 0 Å². The van der Waals surface area contributed by atoms with Crippen molar-refractivity contribution in [1.82, 2.24) is 0 Å². The van der Waals surface area contributed by atoms with Gasteiger partial charge in [0, 0.05) is 0 Å².